The van der Waals surface area contributed by atoms with Gasteiger partial charge in [0.1, 0.15) is 0 Å². The molecule has 1 atom stereocenters. The molecule has 0 spiro atoms. The van der Waals surface area contributed by atoms with Crippen LogP contribution in [0.1, 0.15) is 67.1 Å². The average molecular weight is 364 g/mol. The Labute approximate surface area is 159 Å². The molecule has 0 aromatic heterocycles. The second-order valence-corrected chi connectivity index (χ2v) is 7.19. The number of benzene rings is 2. The highest BCUT2D eigenvalue weighted by Crippen LogP contribution is 2.24. The molecule has 1 unspecified atom stereocenters. The SMILES string of the molecule is CC(C)c1ccc(C(C)NC(=O)c2cccc(N3C(=O)CCC3=O)c2)cc1. The lowest BCUT2D eigenvalue weighted by atomic mass is 9.99. The third kappa shape index (κ3) is 4.08. The molecule has 3 amide bonds. The fourth-order valence-electron chi connectivity index (χ4n) is 3.18. The van der Waals surface area contributed by atoms with Crippen molar-refractivity contribution >= 4 is 23.4 Å². The molecule has 1 N–H and O–H groups in total. The highest BCUT2D eigenvalue weighted by atomic mass is 16.2. The number of hydrogen-bond acceptors (Lipinski definition) is 3. The Morgan fingerprint density at radius 3 is 2.11 bits per heavy atom. The summed E-state index contributed by atoms with van der Waals surface area (Å²) in [5.41, 5.74) is 3.15. The molecule has 1 fully saturated rings. The van der Waals surface area contributed by atoms with Gasteiger partial charge in [-0.25, -0.2) is 0 Å². The van der Waals surface area contributed by atoms with Crippen LogP contribution in [0.4, 0.5) is 5.69 Å². The number of imide groups is 1. The number of carbonyl (C=O) groups excluding carboxylic acids is 3. The normalized spacial score (nSPS) is 15.3. The molecule has 5 heteroatoms. The Hall–Kier alpha value is -2.95. The molecule has 0 radical (unpaired) electrons. The molecule has 1 heterocycles. The Morgan fingerprint density at radius 1 is 0.926 bits per heavy atom. The van der Waals surface area contributed by atoms with Gasteiger partial charge in [0, 0.05) is 18.4 Å². The fourth-order valence-corrected chi connectivity index (χ4v) is 3.18. The smallest absolute Gasteiger partial charge is 0.251 e. The summed E-state index contributed by atoms with van der Waals surface area (Å²) in [6.07, 6.45) is 0.442. The van der Waals surface area contributed by atoms with Crippen LogP contribution in [-0.4, -0.2) is 17.7 Å². The minimum absolute atomic E-state index is 0.155. The van der Waals surface area contributed by atoms with Gasteiger partial charge in [-0.2, -0.15) is 0 Å². The van der Waals surface area contributed by atoms with Crippen LogP contribution in [0, 0.1) is 0 Å². The standard InChI is InChI=1S/C22H24N2O3/c1-14(2)16-7-9-17(10-8-16)15(3)23-22(27)18-5-4-6-19(13-18)24-20(25)11-12-21(24)26/h4-10,13-15H,11-12H2,1-3H3,(H,23,27). The second kappa shape index (κ2) is 7.74. The summed E-state index contributed by atoms with van der Waals surface area (Å²) in [5, 5.41) is 2.97. The van der Waals surface area contributed by atoms with Gasteiger partial charge in [-0.15, -0.1) is 0 Å². The van der Waals surface area contributed by atoms with Crippen molar-refractivity contribution in [2.75, 3.05) is 4.90 Å². The number of anilines is 1. The first-order chi connectivity index (χ1) is 12.9. The molecule has 2 aromatic carbocycles. The van der Waals surface area contributed by atoms with E-state index in [-0.39, 0.29) is 36.6 Å². The lowest BCUT2D eigenvalue weighted by molar-refractivity contribution is -0.121. The molecule has 140 valence electrons. The van der Waals surface area contributed by atoms with Crippen LogP contribution < -0.4 is 10.2 Å². The number of rotatable bonds is 5. The summed E-state index contributed by atoms with van der Waals surface area (Å²) in [7, 11) is 0. The van der Waals surface area contributed by atoms with E-state index in [1.807, 2.05) is 19.1 Å². The molecule has 0 aliphatic carbocycles. The fraction of sp³-hybridized carbons (Fsp3) is 0.318. The largest absolute Gasteiger partial charge is 0.346 e. The summed E-state index contributed by atoms with van der Waals surface area (Å²) in [5.74, 6) is -0.230. The van der Waals surface area contributed by atoms with Crippen molar-refractivity contribution in [1.29, 1.82) is 0 Å². The van der Waals surface area contributed by atoms with Gasteiger partial charge in [0.25, 0.3) is 5.91 Å². The maximum absolute atomic E-state index is 12.6. The number of nitrogens with zero attached hydrogens (tertiary/aromatic N) is 1. The first kappa shape index (κ1) is 18.8. The van der Waals surface area contributed by atoms with Crippen molar-refractivity contribution in [3.63, 3.8) is 0 Å². The van der Waals surface area contributed by atoms with Crippen molar-refractivity contribution in [3.05, 3.63) is 65.2 Å². The monoisotopic (exact) mass is 364 g/mol. The van der Waals surface area contributed by atoms with Crippen LogP contribution in [0.15, 0.2) is 48.5 Å². The van der Waals surface area contributed by atoms with Gasteiger partial charge < -0.3 is 5.32 Å². The molecule has 3 rings (SSSR count). The predicted molar refractivity (Wildman–Crippen MR) is 105 cm³/mol. The van der Waals surface area contributed by atoms with Crippen LogP contribution in [-0.2, 0) is 9.59 Å². The van der Waals surface area contributed by atoms with Crippen molar-refractivity contribution in [3.8, 4) is 0 Å². The van der Waals surface area contributed by atoms with E-state index in [1.54, 1.807) is 24.3 Å². The van der Waals surface area contributed by atoms with E-state index in [0.29, 0.717) is 17.2 Å². The van der Waals surface area contributed by atoms with E-state index in [4.69, 9.17) is 0 Å². The second-order valence-electron chi connectivity index (χ2n) is 7.19. The van der Waals surface area contributed by atoms with Gasteiger partial charge in [0.15, 0.2) is 0 Å². The van der Waals surface area contributed by atoms with E-state index in [0.717, 1.165) is 10.5 Å². The summed E-state index contributed by atoms with van der Waals surface area (Å²) < 4.78 is 0. The van der Waals surface area contributed by atoms with E-state index >= 15 is 0 Å². The zero-order valence-corrected chi connectivity index (χ0v) is 15.9. The van der Waals surface area contributed by atoms with Crippen molar-refractivity contribution in [2.24, 2.45) is 0 Å². The summed E-state index contributed by atoms with van der Waals surface area (Å²) in [6.45, 7) is 6.21. The van der Waals surface area contributed by atoms with E-state index in [9.17, 15) is 14.4 Å². The minimum Gasteiger partial charge on any atom is -0.346 e. The highest BCUT2D eigenvalue weighted by molar-refractivity contribution is 6.20. The maximum atomic E-state index is 12.6. The number of nitrogens with one attached hydrogen (secondary N) is 1. The van der Waals surface area contributed by atoms with Crippen LogP contribution in [0.5, 0.6) is 0 Å². The van der Waals surface area contributed by atoms with Crippen LogP contribution >= 0.6 is 0 Å². The van der Waals surface area contributed by atoms with Crippen molar-refractivity contribution in [2.45, 2.75) is 45.6 Å². The van der Waals surface area contributed by atoms with Gasteiger partial charge in [0.2, 0.25) is 11.8 Å². The van der Waals surface area contributed by atoms with Crippen molar-refractivity contribution < 1.29 is 14.4 Å². The van der Waals surface area contributed by atoms with Gasteiger partial charge in [-0.3, -0.25) is 19.3 Å². The molecular weight excluding hydrogens is 340 g/mol. The number of amides is 3. The average Bonchev–Trinajstić information content (AvgIpc) is 3.00. The lowest BCUT2D eigenvalue weighted by Gasteiger charge is -2.17. The molecule has 1 aliphatic rings. The first-order valence-corrected chi connectivity index (χ1v) is 9.23. The summed E-state index contributed by atoms with van der Waals surface area (Å²) in [4.78, 5) is 37.6. The Morgan fingerprint density at radius 2 is 1.52 bits per heavy atom. The van der Waals surface area contributed by atoms with Gasteiger partial charge in [0.05, 0.1) is 11.7 Å². The summed E-state index contributed by atoms with van der Waals surface area (Å²) >= 11 is 0. The molecule has 2 aromatic rings. The molecule has 27 heavy (non-hydrogen) atoms. The molecule has 0 saturated carbocycles. The van der Waals surface area contributed by atoms with E-state index in [2.05, 4.69) is 31.3 Å². The van der Waals surface area contributed by atoms with Crippen LogP contribution in [0.25, 0.3) is 0 Å². The molecular formula is C22H24N2O3. The molecule has 5 nitrogen and oxygen atoms in total. The first-order valence-electron chi connectivity index (χ1n) is 9.23. The quantitative estimate of drug-likeness (QED) is 0.817. The molecule has 0 bridgehead atoms. The highest BCUT2D eigenvalue weighted by Gasteiger charge is 2.30. The van der Waals surface area contributed by atoms with Gasteiger partial charge >= 0.3 is 0 Å². The third-order valence-electron chi connectivity index (χ3n) is 4.87. The van der Waals surface area contributed by atoms with Gasteiger partial charge in [-0.05, 0) is 42.2 Å². The topological polar surface area (TPSA) is 66.5 Å². The van der Waals surface area contributed by atoms with Crippen LogP contribution in [0.2, 0.25) is 0 Å². The van der Waals surface area contributed by atoms with E-state index < -0.39 is 0 Å². The molecule has 1 saturated heterocycles. The van der Waals surface area contributed by atoms with Gasteiger partial charge in [-0.1, -0.05) is 44.2 Å². The zero-order valence-electron chi connectivity index (χ0n) is 15.9. The Balaban J connectivity index is 1.73. The third-order valence-corrected chi connectivity index (χ3v) is 4.87. The number of hydrogen-bond donors (Lipinski definition) is 1. The van der Waals surface area contributed by atoms with Crippen LogP contribution in [0.3, 0.4) is 0 Å². The molecule has 1 aliphatic heterocycles. The Kier molecular flexibility index (Phi) is 5.40. The lowest BCUT2D eigenvalue weighted by Crippen LogP contribution is -2.30. The zero-order chi connectivity index (χ0) is 19.6. The predicted octanol–water partition coefficient (Wildman–Crippen LogP) is 3.95. The summed E-state index contributed by atoms with van der Waals surface area (Å²) in [6, 6.07) is 14.7. The number of carbonyl (C=O) groups is 3. The minimum atomic E-state index is -0.239. The van der Waals surface area contributed by atoms with Crippen molar-refractivity contribution in [1.82, 2.24) is 5.32 Å². The Bertz CT molecular complexity index is 855. The maximum Gasteiger partial charge on any atom is 0.251 e. The van der Waals surface area contributed by atoms with E-state index in [1.165, 1.54) is 5.56 Å².